The van der Waals surface area contributed by atoms with Crippen LogP contribution < -0.4 is 11.1 Å². The Kier molecular flexibility index (Phi) is 3.67. The topological polar surface area (TPSA) is 78.9 Å². The van der Waals surface area contributed by atoms with E-state index in [1.807, 2.05) is 6.07 Å². The molecule has 2 rings (SSSR count). The van der Waals surface area contributed by atoms with Crippen LogP contribution in [0, 0.1) is 24.1 Å². The van der Waals surface area contributed by atoms with E-state index in [1.54, 1.807) is 25.1 Å². The van der Waals surface area contributed by atoms with E-state index in [4.69, 9.17) is 11.0 Å². The van der Waals surface area contributed by atoms with Gasteiger partial charge < -0.3 is 11.1 Å². The molecule has 1 amide bonds. The lowest BCUT2D eigenvalue weighted by Crippen LogP contribution is -2.15. The Morgan fingerprint density at radius 2 is 2.10 bits per heavy atom. The number of hydrogen-bond donors (Lipinski definition) is 2. The minimum absolute atomic E-state index is 0.157. The van der Waals surface area contributed by atoms with Gasteiger partial charge in [-0.25, -0.2) is 4.39 Å². The van der Waals surface area contributed by atoms with Gasteiger partial charge in [0.2, 0.25) is 0 Å². The Labute approximate surface area is 115 Å². The van der Waals surface area contributed by atoms with E-state index >= 15 is 0 Å². The average molecular weight is 269 g/mol. The monoisotopic (exact) mass is 269 g/mol. The minimum Gasteiger partial charge on any atom is -0.399 e. The Morgan fingerprint density at radius 3 is 2.80 bits per heavy atom. The van der Waals surface area contributed by atoms with Crippen LogP contribution in [0.25, 0.3) is 0 Å². The van der Waals surface area contributed by atoms with Gasteiger partial charge in [0.15, 0.2) is 0 Å². The van der Waals surface area contributed by atoms with Gasteiger partial charge in [0.25, 0.3) is 5.91 Å². The summed E-state index contributed by atoms with van der Waals surface area (Å²) in [6.07, 6.45) is 0. The number of nitrogens with two attached hydrogens (primary N) is 1. The van der Waals surface area contributed by atoms with Gasteiger partial charge in [-0.2, -0.15) is 5.26 Å². The van der Waals surface area contributed by atoms with Gasteiger partial charge in [0.05, 0.1) is 16.8 Å². The number of amides is 1. The number of rotatable bonds is 2. The zero-order valence-corrected chi connectivity index (χ0v) is 10.8. The molecular weight excluding hydrogens is 257 g/mol. The van der Waals surface area contributed by atoms with Crippen LogP contribution in [0.4, 0.5) is 15.8 Å². The highest BCUT2D eigenvalue weighted by molar-refractivity contribution is 6.05. The molecule has 4 nitrogen and oxygen atoms in total. The van der Waals surface area contributed by atoms with Crippen LogP contribution in [0.15, 0.2) is 36.4 Å². The van der Waals surface area contributed by atoms with E-state index in [2.05, 4.69) is 5.32 Å². The number of anilines is 2. The summed E-state index contributed by atoms with van der Waals surface area (Å²) >= 11 is 0. The highest BCUT2D eigenvalue weighted by Crippen LogP contribution is 2.20. The summed E-state index contributed by atoms with van der Waals surface area (Å²) in [5, 5.41) is 11.6. The van der Waals surface area contributed by atoms with Gasteiger partial charge in [-0.3, -0.25) is 4.79 Å². The van der Waals surface area contributed by atoms with Crippen molar-refractivity contribution in [3.05, 3.63) is 58.9 Å². The first-order valence-electron chi connectivity index (χ1n) is 5.89. The molecule has 0 aliphatic carbocycles. The van der Waals surface area contributed by atoms with Crippen LogP contribution in [-0.2, 0) is 0 Å². The number of nitrogens with zero attached hydrogens (tertiary/aromatic N) is 1. The van der Waals surface area contributed by atoms with Crippen molar-refractivity contribution < 1.29 is 9.18 Å². The van der Waals surface area contributed by atoms with Crippen molar-refractivity contribution in [2.45, 2.75) is 6.92 Å². The third kappa shape index (κ3) is 2.59. The number of aryl methyl sites for hydroxylation is 1. The molecule has 0 aliphatic heterocycles. The molecule has 0 spiro atoms. The lowest BCUT2D eigenvalue weighted by Gasteiger charge is -2.09. The van der Waals surface area contributed by atoms with Gasteiger partial charge in [-0.1, -0.05) is 12.1 Å². The molecule has 100 valence electrons. The summed E-state index contributed by atoms with van der Waals surface area (Å²) in [5.74, 6) is -1.31. The number of hydrogen-bond acceptors (Lipinski definition) is 3. The van der Waals surface area contributed by atoms with Crippen molar-refractivity contribution in [2.24, 2.45) is 0 Å². The number of nitrogens with one attached hydrogen (secondary N) is 1. The molecule has 0 unspecified atom stereocenters. The maximum atomic E-state index is 13.6. The molecule has 3 N–H and O–H groups in total. The lowest BCUT2D eigenvalue weighted by atomic mass is 10.1. The first-order chi connectivity index (χ1) is 9.52. The van der Waals surface area contributed by atoms with E-state index in [-0.39, 0.29) is 5.56 Å². The molecule has 0 atom stereocenters. The van der Waals surface area contributed by atoms with E-state index in [0.29, 0.717) is 16.9 Å². The Hall–Kier alpha value is -2.87. The zero-order chi connectivity index (χ0) is 14.7. The van der Waals surface area contributed by atoms with Crippen LogP contribution in [-0.4, -0.2) is 5.91 Å². The first kappa shape index (κ1) is 13.6. The molecule has 0 heterocycles. The lowest BCUT2D eigenvalue weighted by molar-refractivity contribution is 0.102. The van der Waals surface area contributed by atoms with Crippen LogP contribution in [0.3, 0.4) is 0 Å². The van der Waals surface area contributed by atoms with Crippen molar-refractivity contribution in [1.29, 1.82) is 5.26 Å². The van der Waals surface area contributed by atoms with E-state index < -0.39 is 11.7 Å². The molecule has 0 fully saturated rings. The molecule has 0 aliphatic rings. The standard InChI is InChI=1S/C15H12FN3O/c1-9-3-2-4-14(12(9)8-17)19-15(20)11-7-10(18)5-6-13(11)16/h2-7H,18H2,1H3,(H,19,20). The molecule has 0 saturated heterocycles. The van der Waals surface area contributed by atoms with Crippen LogP contribution in [0.5, 0.6) is 0 Å². The van der Waals surface area contributed by atoms with E-state index in [0.717, 1.165) is 11.6 Å². The van der Waals surface area contributed by atoms with Gasteiger partial charge in [0, 0.05) is 5.69 Å². The smallest absolute Gasteiger partial charge is 0.258 e. The first-order valence-corrected chi connectivity index (χ1v) is 5.89. The zero-order valence-electron chi connectivity index (χ0n) is 10.8. The van der Waals surface area contributed by atoms with Crippen LogP contribution in [0.1, 0.15) is 21.5 Å². The number of nitrogen functional groups attached to an aromatic ring is 1. The maximum Gasteiger partial charge on any atom is 0.258 e. The van der Waals surface area contributed by atoms with Crippen molar-refractivity contribution in [3.8, 4) is 6.07 Å². The fourth-order valence-electron chi connectivity index (χ4n) is 1.83. The second-order valence-electron chi connectivity index (χ2n) is 4.30. The third-order valence-electron chi connectivity index (χ3n) is 2.87. The molecule has 0 saturated carbocycles. The average Bonchev–Trinajstić information content (AvgIpc) is 2.41. The Morgan fingerprint density at radius 1 is 1.35 bits per heavy atom. The summed E-state index contributed by atoms with van der Waals surface area (Å²) < 4.78 is 13.6. The molecule has 0 radical (unpaired) electrons. The molecule has 0 aromatic heterocycles. The van der Waals surface area contributed by atoms with Crippen LogP contribution in [0.2, 0.25) is 0 Å². The molecular formula is C15H12FN3O. The van der Waals surface area contributed by atoms with Gasteiger partial charge in [0.1, 0.15) is 11.9 Å². The Bertz CT molecular complexity index is 720. The number of carbonyl (C=O) groups is 1. The molecule has 5 heteroatoms. The molecule has 20 heavy (non-hydrogen) atoms. The number of halogens is 1. The SMILES string of the molecule is Cc1cccc(NC(=O)c2cc(N)ccc2F)c1C#N. The summed E-state index contributed by atoms with van der Waals surface area (Å²) in [7, 11) is 0. The number of carbonyl (C=O) groups excluding carboxylic acids is 1. The highest BCUT2D eigenvalue weighted by atomic mass is 19.1. The van der Waals surface area contributed by atoms with E-state index in [1.165, 1.54) is 12.1 Å². The quantitative estimate of drug-likeness (QED) is 0.823. The predicted molar refractivity (Wildman–Crippen MR) is 74.7 cm³/mol. The van der Waals surface area contributed by atoms with Gasteiger partial charge in [-0.05, 0) is 36.8 Å². The van der Waals surface area contributed by atoms with Crippen LogP contribution >= 0.6 is 0 Å². The minimum atomic E-state index is -0.664. The summed E-state index contributed by atoms with van der Waals surface area (Å²) in [5.41, 5.74) is 7.11. The third-order valence-corrected chi connectivity index (χ3v) is 2.87. The van der Waals surface area contributed by atoms with Crippen molar-refractivity contribution in [2.75, 3.05) is 11.1 Å². The normalized spacial score (nSPS) is 9.85. The largest absolute Gasteiger partial charge is 0.399 e. The summed E-state index contributed by atoms with van der Waals surface area (Å²) in [4.78, 5) is 12.1. The fraction of sp³-hybridized carbons (Fsp3) is 0.0667. The maximum absolute atomic E-state index is 13.6. The summed E-state index contributed by atoms with van der Waals surface area (Å²) in [6.45, 7) is 1.76. The summed E-state index contributed by atoms with van der Waals surface area (Å²) in [6, 6.07) is 10.8. The van der Waals surface area contributed by atoms with Gasteiger partial charge in [-0.15, -0.1) is 0 Å². The van der Waals surface area contributed by atoms with E-state index in [9.17, 15) is 9.18 Å². The fourth-order valence-corrected chi connectivity index (χ4v) is 1.83. The molecule has 2 aromatic carbocycles. The highest BCUT2D eigenvalue weighted by Gasteiger charge is 2.14. The predicted octanol–water partition coefficient (Wildman–Crippen LogP) is 2.84. The molecule has 0 bridgehead atoms. The molecule has 2 aromatic rings. The number of benzene rings is 2. The second kappa shape index (κ2) is 5.41. The Balaban J connectivity index is 2.36. The van der Waals surface area contributed by atoms with Crippen molar-refractivity contribution >= 4 is 17.3 Å². The van der Waals surface area contributed by atoms with Crippen molar-refractivity contribution in [1.82, 2.24) is 0 Å². The van der Waals surface area contributed by atoms with Crippen molar-refractivity contribution in [3.63, 3.8) is 0 Å². The number of nitriles is 1. The van der Waals surface area contributed by atoms with Gasteiger partial charge >= 0.3 is 0 Å². The second-order valence-corrected chi connectivity index (χ2v) is 4.30.